The van der Waals surface area contributed by atoms with Crippen molar-refractivity contribution in [3.05, 3.63) is 29.3 Å². The first-order valence-electron chi connectivity index (χ1n) is 7.09. The average molecular weight is 247 g/mol. The normalized spacial score (nSPS) is 25.8. The van der Waals surface area contributed by atoms with Crippen molar-refractivity contribution in [2.24, 2.45) is 11.7 Å². The number of ether oxygens (including phenoxy) is 1. The summed E-state index contributed by atoms with van der Waals surface area (Å²) >= 11 is 0. The highest BCUT2D eigenvalue weighted by Crippen LogP contribution is 2.29. The lowest BCUT2D eigenvalue weighted by Gasteiger charge is -2.27. The first-order chi connectivity index (χ1) is 8.56. The van der Waals surface area contributed by atoms with E-state index in [9.17, 15) is 0 Å². The number of hydrogen-bond acceptors (Lipinski definition) is 2. The van der Waals surface area contributed by atoms with Crippen LogP contribution in [-0.4, -0.2) is 6.10 Å². The summed E-state index contributed by atoms with van der Waals surface area (Å²) in [6.45, 7) is 6.45. The summed E-state index contributed by atoms with van der Waals surface area (Å²) in [6, 6.07) is 6.39. The Labute approximate surface area is 111 Å². The van der Waals surface area contributed by atoms with Crippen molar-refractivity contribution < 1.29 is 4.74 Å². The summed E-state index contributed by atoms with van der Waals surface area (Å²) in [5.41, 5.74) is 8.27. The Kier molecular flexibility index (Phi) is 4.28. The van der Waals surface area contributed by atoms with E-state index in [-0.39, 0.29) is 6.04 Å². The average Bonchev–Trinajstić information content (AvgIpc) is 2.34. The molecule has 1 atom stereocenters. The highest BCUT2D eigenvalue weighted by atomic mass is 16.5. The number of hydrogen-bond donors (Lipinski definition) is 1. The Morgan fingerprint density at radius 1 is 1.22 bits per heavy atom. The molecule has 2 nitrogen and oxygen atoms in total. The molecule has 18 heavy (non-hydrogen) atoms. The SMILES string of the molecule is Cc1cc(C(C)N)ccc1OC1CCC(C)CC1. The van der Waals surface area contributed by atoms with Gasteiger partial charge in [-0.25, -0.2) is 0 Å². The van der Waals surface area contributed by atoms with Gasteiger partial charge < -0.3 is 10.5 Å². The molecular formula is C16H25NO. The van der Waals surface area contributed by atoms with Crippen LogP contribution in [0, 0.1) is 12.8 Å². The maximum atomic E-state index is 6.13. The molecule has 2 N–H and O–H groups in total. The second-order valence-corrected chi connectivity index (χ2v) is 5.81. The fourth-order valence-electron chi connectivity index (χ4n) is 2.61. The second kappa shape index (κ2) is 5.75. The Morgan fingerprint density at radius 2 is 1.89 bits per heavy atom. The molecule has 2 heteroatoms. The topological polar surface area (TPSA) is 35.2 Å². The van der Waals surface area contributed by atoms with Crippen LogP contribution in [0.4, 0.5) is 0 Å². The van der Waals surface area contributed by atoms with Crippen LogP contribution in [0.2, 0.25) is 0 Å². The number of aryl methyl sites for hydroxylation is 1. The lowest BCUT2D eigenvalue weighted by atomic mass is 9.89. The van der Waals surface area contributed by atoms with Crippen LogP contribution in [-0.2, 0) is 0 Å². The van der Waals surface area contributed by atoms with Crippen molar-refractivity contribution in [1.82, 2.24) is 0 Å². The smallest absolute Gasteiger partial charge is 0.122 e. The first-order valence-corrected chi connectivity index (χ1v) is 7.09. The van der Waals surface area contributed by atoms with Gasteiger partial charge in [0.25, 0.3) is 0 Å². The Morgan fingerprint density at radius 3 is 2.44 bits per heavy atom. The van der Waals surface area contributed by atoms with Gasteiger partial charge in [0.2, 0.25) is 0 Å². The zero-order valence-corrected chi connectivity index (χ0v) is 11.8. The van der Waals surface area contributed by atoms with E-state index in [1.54, 1.807) is 0 Å². The van der Waals surface area contributed by atoms with Gasteiger partial charge in [-0.15, -0.1) is 0 Å². The molecule has 1 aromatic carbocycles. The summed E-state index contributed by atoms with van der Waals surface area (Å²) in [5.74, 6) is 1.89. The van der Waals surface area contributed by atoms with Gasteiger partial charge in [-0.1, -0.05) is 19.1 Å². The van der Waals surface area contributed by atoms with Crippen molar-refractivity contribution >= 4 is 0 Å². The summed E-state index contributed by atoms with van der Waals surface area (Å²) < 4.78 is 6.13. The van der Waals surface area contributed by atoms with Crippen LogP contribution in [0.25, 0.3) is 0 Å². The number of nitrogens with two attached hydrogens (primary N) is 1. The minimum atomic E-state index is 0.0910. The lowest BCUT2D eigenvalue weighted by Crippen LogP contribution is -2.23. The third-order valence-corrected chi connectivity index (χ3v) is 3.98. The third kappa shape index (κ3) is 3.26. The standard InChI is InChI=1S/C16H25NO/c1-11-4-7-15(8-5-11)18-16-9-6-14(13(3)17)10-12(16)2/h6,9-11,13,15H,4-5,7-8,17H2,1-3H3. The largest absolute Gasteiger partial charge is 0.490 e. The summed E-state index contributed by atoms with van der Waals surface area (Å²) in [7, 11) is 0. The van der Waals surface area contributed by atoms with Gasteiger partial charge in [0.15, 0.2) is 0 Å². The minimum absolute atomic E-state index is 0.0910. The van der Waals surface area contributed by atoms with E-state index in [0.29, 0.717) is 6.10 Å². The molecule has 1 fully saturated rings. The van der Waals surface area contributed by atoms with Crippen LogP contribution in [0.3, 0.4) is 0 Å². The van der Waals surface area contributed by atoms with Gasteiger partial charge in [-0.05, 0) is 62.6 Å². The van der Waals surface area contributed by atoms with Crippen LogP contribution in [0.15, 0.2) is 18.2 Å². The quantitative estimate of drug-likeness (QED) is 0.877. The molecule has 0 aromatic heterocycles. The fraction of sp³-hybridized carbons (Fsp3) is 0.625. The zero-order chi connectivity index (χ0) is 13.1. The lowest BCUT2D eigenvalue weighted by molar-refractivity contribution is 0.134. The van der Waals surface area contributed by atoms with Gasteiger partial charge in [0.05, 0.1) is 6.10 Å². The van der Waals surface area contributed by atoms with Gasteiger partial charge in [0.1, 0.15) is 5.75 Å². The van der Waals surface area contributed by atoms with Crippen LogP contribution < -0.4 is 10.5 Å². The van der Waals surface area contributed by atoms with Gasteiger partial charge in [-0.2, -0.15) is 0 Å². The van der Waals surface area contributed by atoms with Crippen molar-refractivity contribution in [3.8, 4) is 5.75 Å². The van der Waals surface area contributed by atoms with Crippen LogP contribution >= 0.6 is 0 Å². The number of benzene rings is 1. The van der Waals surface area contributed by atoms with E-state index in [2.05, 4.69) is 32.0 Å². The van der Waals surface area contributed by atoms with E-state index < -0.39 is 0 Å². The maximum absolute atomic E-state index is 6.13. The molecular weight excluding hydrogens is 222 g/mol. The molecule has 0 saturated heterocycles. The zero-order valence-electron chi connectivity index (χ0n) is 11.8. The molecule has 0 heterocycles. The van der Waals surface area contributed by atoms with Crippen LogP contribution in [0.1, 0.15) is 56.7 Å². The molecule has 0 bridgehead atoms. The first kappa shape index (κ1) is 13.4. The summed E-state index contributed by atoms with van der Waals surface area (Å²) in [5, 5.41) is 0. The molecule has 1 aliphatic rings. The molecule has 100 valence electrons. The molecule has 1 saturated carbocycles. The second-order valence-electron chi connectivity index (χ2n) is 5.81. The van der Waals surface area contributed by atoms with Crippen LogP contribution in [0.5, 0.6) is 5.75 Å². The Balaban J connectivity index is 2.01. The van der Waals surface area contributed by atoms with Gasteiger partial charge in [0, 0.05) is 6.04 Å². The Bertz CT molecular complexity index is 392. The predicted molar refractivity (Wildman–Crippen MR) is 75.8 cm³/mol. The van der Waals surface area contributed by atoms with E-state index in [0.717, 1.165) is 11.7 Å². The van der Waals surface area contributed by atoms with E-state index >= 15 is 0 Å². The monoisotopic (exact) mass is 247 g/mol. The molecule has 0 aliphatic heterocycles. The molecule has 1 unspecified atom stereocenters. The van der Waals surface area contributed by atoms with Crippen molar-refractivity contribution in [3.63, 3.8) is 0 Å². The summed E-state index contributed by atoms with van der Waals surface area (Å²) in [6.07, 6.45) is 5.37. The third-order valence-electron chi connectivity index (χ3n) is 3.98. The molecule has 2 rings (SSSR count). The van der Waals surface area contributed by atoms with E-state index in [1.165, 1.54) is 36.8 Å². The van der Waals surface area contributed by atoms with E-state index in [1.807, 2.05) is 6.92 Å². The highest BCUT2D eigenvalue weighted by Gasteiger charge is 2.20. The summed E-state index contributed by atoms with van der Waals surface area (Å²) in [4.78, 5) is 0. The molecule has 1 aromatic rings. The molecule has 0 amide bonds. The number of rotatable bonds is 3. The van der Waals surface area contributed by atoms with Gasteiger partial charge in [-0.3, -0.25) is 0 Å². The minimum Gasteiger partial charge on any atom is -0.490 e. The Hall–Kier alpha value is -1.02. The maximum Gasteiger partial charge on any atom is 0.122 e. The highest BCUT2D eigenvalue weighted by molar-refractivity contribution is 5.37. The van der Waals surface area contributed by atoms with Crippen molar-refractivity contribution in [2.45, 2.75) is 58.6 Å². The predicted octanol–water partition coefficient (Wildman–Crippen LogP) is 3.97. The molecule has 0 radical (unpaired) electrons. The molecule has 1 aliphatic carbocycles. The van der Waals surface area contributed by atoms with Gasteiger partial charge >= 0.3 is 0 Å². The van der Waals surface area contributed by atoms with Crippen molar-refractivity contribution in [2.75, 3.05) is 0 Å². The molecule has 0 spiro atoms. The van der Waals surface area contributed by atoms with Crippen molar-refractivity contribution in [1.29, 1.82) is 0 Å². The van der Waals surface area contributed by atoms with E-state index in [4.69, 9.17) is 10.5 Å². The fourth-order valence-corrected chi connectivity index (χ4v) is 2.61.